The van der Waals surface area contributed by atoms with Gasteiger partial charge in [0.15, 0.2) is 0 Å². The van der Waals surface area contributed by atoms with Gasteiger partial charge < -0.3 is 26.0 Å². The average molecular weight is 461 g/mol. The van der Waals surface area contributed by atoms with Gasteiger partial charge in [0.25, 0.3) is 5.91 Å². The van der Waals surface area contributed by atoms with Crippen LogP contribution in [0.4, 0.5) is 4.79 Å². The largest absolute Gasteiger partial charge is 0.376 e. The van der Waals surface area contributed by atoms with Crippen LogP contribution in [-0.2, 0) is 25.7 Å². The second-order valence-corrected chi connectivity index (χ2v) is 8.67. The Morgan fingerprint density at radius 3 is 2.36 bits per heavy atom. The normalized spacial score (nSPS) is 17.2. The Morgan fingerprint density at radius 2 is 1.76 bits per heavy atom. The minimum atomic E-state index is -0.967. The number of urea groups is 1. The molecule has 0 saturated carbocycles. The van der Waals surface area contributed by atoms with Gasteiger partial charge in [0, 0.05) is 19.7 Å². The van der Waals surface area contributed by atoms with E-state index in [0.717, 1.165) is 18.4 Å². The number of amides is 4. The van der Waals surface area contributed by atoms with Gasteiger partial charge in [-0.1, -0.05) is 51.1 Å². The molecule has 1 aliphatic rings. The molecule has 2 rings (SSSR count). The SMILES string of the molecule is CCC(NC(=O)[C@H](CC(C)C)NC(=O)NCc1ccccc1)C(=O)C(=O)NC[C@@H]1CCCO1. The predicted molar refractivity (Wildman–Crippen MR) is 124 cm³/mol. The number of carbonyl (C=O) groups excluding carboxylic acids is 4. The summed E-state index contributed by atoms with van der Waals surface area (Å²) < 4.78 is 5.45. The zero-order valence-corrected chi connectivity index (χ0v) is 19.7. The Kier molecular flexibility index (Phi) is 10.8. The second kappa shape index (κ2) is 13.6. The number of benzene rings is 1. The zero-order valence-electron chi connectivity index (χ0n) is 19.7. The van der Waals surface area contributed by atoms with E-state index in [0.29, 0.717) is 19.6 Å². The van der Waals surface area contributed by atoms with Gasteiger partial charge in [-0.2, -0.15) is 0 Å². The summed E-state index contributed by atoms with van der Waals surface area (Å²) >= 11 is 0. The molecule has 3 atom stereocenters. The van der Waals surface area contributed by atoms with Crippen molar-refractivity contribution in [2.24, 2.45) is 5.92 Å². The lowest BCUT2D eigenvalue weighted by Gasteiger charge is -2.23. The van der Waals surface area contributed by atoms with E-state index in [4.69, 9.17) is 4.74 Å². The minimum Gasteiger partial charge on any atom is -0.376 e. The Hall–Kier alpha value is -2.94. The fraction of sp³-hybridized carbons (Fsp3) is 0.583. The summed E-state index contributed by atoms with van der Waals surface area (Å²) in [5.74, 6) is -1.82. The van der Waals surface area contributed by atoms with Crippen molar-refractivity contribution in [2.75, 3.05) is 13.2 Å². The molecule has 1 heterocycles. The first-order valence-corrected chi connectivity index (χ1v) is 11.6. The van der Waals surface area contributed by atoms with Crippen molar-refractivity contribution in [1.82, 2.24) is 21.3 Å². The maximum Gasteiger partial charge on any atom is 0.315 e. The third kappa shape index (κ3) is 9.21. The highest BCUT2D eigenvalue weighted by Gasteiger charge is 2.30. The van der Waals surface area contributed by atoms with Crippen molar-refractivity contribution in [3.05, 3.63) is 35.9 Å². The van der Waals surface area contributed by atoms with Crippen LogP contribution in [0, 0.1) is 5.92 Å². The second-order valence-electron chi connectivity index (χ2n) is 8.67. The molecule has 0 bridgehead atoms. The van der Waals surface area contributed by atoms with Crippen LogP contribution in [0.5, 0.6) is 0 Å². The van der Waals surface area contributed by atoms with Crippen LogP contribution in [-0.4, -0.2) is 55.0 Å². The molecule has 1 aromatic rings. The molecule has 4 N–H and O–H groups in total. The van der Waals surface area contributed by atoms with Gasteiger partial charge in [-0.15, -0.1) is 0 Å². The van der Waals surface area contributed by atoms with Crippen LogP contribution < -0.4 is 21.3 Å². The lowest BCUT2D eigenvalue weighted by atomic mass is 10.0. The maximum absolute atomic E-state index is 12.9. The topological polar surface area (TPSA) is 126 Å². The quantitative estimate of drug-likeness (QED) is 0.353. The lowest BCUT2D eigenvalue weighted by Crippen LogP contribution is -2.55. The first kappa shape index (κ1) is 26.3. The number of ketones is 1. The Morgan fingerprint density at radius 1 is 1.03 bits per heavy atom. The third-order valence-electron chi connectivity index (χ3n) is 5.40. The number of ether oxygens (including phenoxy) is 1. The molecule has 1 aromatic carbocycles. The van der Waals surface area contributed by atoms with Gasteiger partial charge in [-0.3, -0.25) is 14.4 Å². The van der Waals surface area contributed by atoms with Crippen molar-refractivity contribution in [3.63, 3.8) is 0 Å². The molecule has 0 aromatic heterocycles. The monoisotopic (exact) mass is 460 g/mol. The number of rotatable bonds is 12. The molecule has 4 amide bonds. The van der Waals surface area contributed by atoms with Crippen LogP contribution >= 0.6 is 0 Å². The van der Waals surface area contributed by atoms with Crippen molar-refractivity contribution in [1.29, 1.82) is 0 Å². The molecule has 1 fully saturated rings. The average Bonchev–Trinajstić information content (AvgIpc) is 3.32. The summed E-state index contributed by atoms with van der Waals surface area (Å²) in [6, 6.07) is 7.14. The Balaban J connectivity index is 1.90. The Labute approximate surface area is 195 Å². The zero-order chi connectivity index (χ0) is 24.2. The standard InChI is InChI=1S/C24H36N4O5/c1-4-19(21(29)23(31)25-15-18-11-8-12-33-18)27-22(30)20(13-16(2)3)28-24(32)26-14-17-9-6-5-7-10-17/h5-7,9-10,16,18-20H,4,8,11-15H2,1-3H3,(H,25,31)(H,27,30)(H2,26,28,32)/t18-,19?,20-/m0/s1. The van der Waals surface area contributed by atoms with E-state index in [9.17, 15) is 19.2 Å². The summed E-state index contributed by atoms with van der Waals surface area (Å²) in [6.45, 7) is 6.84. The van der Waals surface area contributed by atoms with Gasteiger partial charge in [-0.05, 0) is 37.2 Å². The molecular weight excluding hydrogens is 424 g/mol. The molecule has 9 nitrogen and oxygen atoms in total. The number of Topliss-reactive ketones (excluding diaryl/α,β-unsaturated/α-hetero) is 1. The van der Waals surface area contributed by atoms with Crippen LogP contribution in [0.15, 0.2) is 30.3 Å². The van der Waals surface area contributed by atoms with Gasteiger partial charge in [0.2, 0.25) is 11.7 Å². The van der Waals surface area contributed by atoms with Crippen molar-refractivity contribution in [2.45, 2.75) is 71.2 Å². The third-order valence-corrected chi connectivity index (χ3v) is 5.40. The Bertz CT molecular complexity index is 793. The summed E-state index contributed by atoms with van der Waals surface area (Å²) in [4.78, 5) is 50.1. The first-order valence-electron chi connectivity index (χ1n) is 11.6. The van der Waals surface area contributed by atoms with Gasteiger partial charge >= 0.3 is 6.03 Å². The van der Waals surface area contributed by atoms with Crippen LogP contribution in [0.1, 0.15) is 52.0 Å². The van der Waals surface area contributed by atoms with Crippen LogP contribution in [0.3, 0.4) is 0 Å². The fourth-order valence-electron chi connectivity index (χ4n) is 3.57. The number of hydrogen-bond donors (Lipinski definition) is 4. The van der Waals surface area contributed by atoms with Gasteiger partial charge in [0.05, 0.1) is 12.1 Å². The molecule has 1 unspecified atom stereocenters. The molecule has 1 saturated heterocycles. The smallest absolute Gasteiger partial charge is 0.315 e. The fourth-order valence-corrected chi connectivity index (χ4v) is 3.57. The molecule has 1 aliphatic heterocycles. The molecular formula is C24H36N4O5. The molecule has 182 valence electrons. The summed E-state index contributed by atoms with van der Waals surface area (Å²) in [5, 5.41) is 10.7. The van der Waals surface area contributed by atoms with E-state index in [1.807, 2.05) is 44.2 Å². The highest BCUT2D eigenvalue weighted by Crippen LogP contribution is 2.11. The van der Waals surface area contributed by atoms with E-state index in [-0.39, 0.29) is 25.0 Å². The highest BCUT2D eigenvalue weighted by atomic mass is 16.5. The number of nitrogens with one attached hydrogen (secondary N) is 4. The molecule has 0 radical (unpaired) electrons. The summed E-state index contributed by atoms with van der Waals surface area (Å²) in [6.07, 6.45) is 2.35. The molecule has 9 heteroatoms. The van der Waals surface area contributed by atoms with Crippen molar-refractivity contribution in [3.8, 4) is 0 Å². The summed E-state index contributed by atoms with van der Waals surface area (Å²) in [7, 11) is 0. The number of hydrogen-bond acceptors (Lipinski definition) is 5. The first-order chi connectivity index (χ1) is 15.8. The van der Waals surface area contributed by atoms with Crippen molar-refractivity contribution < 1.29 is 23.9 Å². The van der Waals surface area contributed by atoms with E-state index in [1.165, 1.54) is 0 Å². The molecule has 0 spiro atoms. The lowest BCUT2D eigenvalue weighted by molar-refractivity contribution is -0.140. The highest BCUT2D eigenvalue weighted by molar-refractivity contribution is 6.38. The molecule has 0 aliphatic carbocycles. The summed E-state index contributed by atoms with van der Waals surface area (Å²) in [5.41, 5.74) is 0.933. The van der Waals surface area contributed by atoms with Crippen molar-refractivity contribution >= 4 is 23.6 Å². The van der Waals surface area contributed by atoms with Gasteiger partial charge in [0.1, 0.15) is 6.04 Å². The minimum absolute atomic E-state index is 0.0783. The predicted octanol–water partition coefficient (Wildman–Crippen LogP) is 1.66. The molecule has 33 heavy (non-hydrogen) atoms. The van der Waals surface area contributed by atoms with E-state index in [1.54, 1.807) is 6.92 Å². The van der Waals surface area contributed by atoms with Gasteiger partial charge in [-0.25, -0.2) is 4.79 Å². The van der Waals surface area contributed by atoms with E-state index < -0.39 is 35.7 Å². The van der Waals surface area contributed by atoms with E-state index in [2.05, 4.69) is 21.3 Å². The maximum atomic E-state index is 12.9. The van der Waals surface area contributed by atoms with E-state index >= 15 is 0 Å². The van der Waals surface area contributed by atoms with Crippen LogP contribution in [0.2, 0.25) is 0 Å². The number of carbonyl (C=O) groups is 4. The van der Waals surface area contributed by atoms with Crippen LogP contribution in [0.25, 0.3) is 0 Å².